The molecule has 4 rings (SSSR count). The van der Waals surface area contributed by atoms with Crippen LogP contribution in [0.25, 0.3) is 22.5 Å². The number of nitrogens with zero attached hydrogens (tertiary/aromatic N) is 3. The van der Waals surface area contributed by atoms with Crippen LogP contribution in [0.1, 0.15) is 36.3 Å². The summed E-state index contributed by atoms with van der Waals surface area (Å²) in [7, 11) is 0. The highest BCUT2D eigenvalue weighted by atomic mass is 16.5. The third-order valence-corrected chi connectivity index (χ3v) is 5.67. The summed E-state index contributed by atoms with van der Waals surface area (Å²) in [4.78, 5) is 16.6. The van der Waals surface area contributed by atoms with Gasteiger partial charge >= 0.3 is 0 Å². The molecule has 0 radical (unpaired) electrons. The maximum absolute atomic E-state index is 12.5. The first-order chi connectivity index (χ1) is 16.0. The van der Waals surface area contributed by atoms with E-state index in [0.29, 0.717) is 12.2 Å². The third-order valence-electron chi connectivity index (χ3n) is 5.67. The van der Waals surface area contributed by atoms with Gasteiger partial charge in [0.2, 0.25) is 0 Å². The predicted molar refractivity (Wildman–Crippen MR) is 129 cm³/mol. The Kier molecular flexibility index (Phi) is 6.88. The minimum Gasteiger partial charge on any atom is -0.492 e. The number of rotatable bonds is 9. The van der Waals surface area contributed by atoms with Crippen LogP contribution >= 0.6 is 0 Å². The van der Waals surface area contributed by atoms with E-state index >= 15 is 0 Å². The predicted octanol–water partition coefficient (Wildman–Crippen LogP) is 4.86. The van der Waals surface area contributed by atoms with Gasteiger partial charge in [0.05, 0.1) is 24.3 Å². The molecule has 4 aromatic rings. The summed E-state index contributed by atoms with van der Waals surface area (Å²) >= 11 is 0. The molecule has 2 N–H and O–H groups in total. The molecule has 170 valence electrons. The molecule has 0 fully saturated rings. The van der Waals surface area contributed by atoms with E-state index in [1.165, 1.54) is 0 Å². The van der Waals surface area contributed by atoms with Crippen molar-refractivity contribution >= 4 is 5.91 Å². The second-order valence-electron chi connectivity index (χ2n) is 8.13. The number of nitrogens with one attached hydrogen (secondary N) is 2. The highest BCUT2D eigenvalue weighted by molar-refractivity contribution is 5.95. The number of carbonyl (C=O) groups excluding carboxylic acids is 1. The molecule has 33 heavy (non-hydrogen) atoms. The van der Waals surface area contributed by atoms with Crippen molar-refractivity contribution in [2.24, 2.45) is 0 Å². The van der Waals surface area contributed by atoms with Crippen molar-refractivity contribution < 1.29 is 9.53 Å². The first-order valence-corrected chi connectivity index (χ1v) is 11.2. The van der Waals surface area contributed by atoms with E-state index in [1.54, 1.807) is 0 Å². The molecule has 7 nitrogen and oxygen atoms in total. The lowest BCUT2D eigenvalue weighted by Gasteiger charge is -2.11. The van der Waals surface area contributed by atoms with Crippen molar-refractivity contribution in [3.05, 3.63) is 78.4 Å². The van der Waals surface area contributed by atoms with Gasteiger partial charge in [0.25, 0.3) is 5.91 Å². The van der Waals surface area contributed by atoms with Crippen LogP contribution in [-0.2, 0) is 6.54 Å². The molecule has 0 spiro atoms. The molecule has 1 unspecified atom stereocenters. The summed E-state index contributed by atoms with van der Waals surface area (Å²) in [6.45, 7) is 7.41. The van der Waals surface area contributed by atoms with Crippen LogP contribution < -0.4 is 10.1 Å². The summed E-state index contributed by atoms with van der Waals surface area (Å²) < 4.78 is 7.92. The number of hydrogen-bond acceptors (Lipinski definition) is 4. The van der Waals surface area contributed by atoms with Gasteiger partial charge in [-0.15, -0.1) is 0 Å². The molecule has 0 aliphatic carbocycles. The van der Waals surface area contributed by atoms with Crippen molar-refractivity contribution in [3.63, 3.8) is 0 Å². The summed E-state index contributed by atoms with van der Waals surface area (Å²) in [5.74, 6) is 0.747. The van der Waals surface area contributed by atoms with Gasteiger partial charge in [-0.05, 0) is 68.3 Å². The molecule has 2 aromatic carbocycles. The fourth-order valence-electron chi connectivity index (χ4n) is 3.46. The summed E-state index contributed by atoms with van der Waals surface area (Å²) in [6, 6.07) is 17.6. The van der Waals surface area contributed by atoms with E-state index in [-0.39, 0.29) is 11.9 Å². The first-order valence-electron chi connectivity index (χ1n) is 11.2. The highest BCUT2D eigenvalue weighted by Crippen LogP contribution is 2.26. The number of hydrogen-bond donors (Lipinski definition) is 2. The van der Waals surface area contributed by atoms with Crippen molar-refractivity contribution in [3.8, 4) is 28.3 Å². The molecular weight excluding hydrogens is 414 g/mol. The zero-order valence-corrected chi connectivity index (χ0v) is 19.2. The van der Waals surface area contributed by atoms with Gasteiger partial charge in [-0.25, -0.2) is 4.98 Å². The van der Waals surface area contributed by atoms with Crippen LogP contribution in [0.15, 0.2) is 67.1 Å². The average Bonchev–Trinajstić information content (AvgIpc) is 3.49. The molecule has 7 heteroatoms. The van der Waals surface area contributed by atoms with Crippen LogP contribution in [0.3, 0.4) is 0 Å². The van der Waals surface area contributed by atoms with Gasteiger partial charge < -0.3 is 14.6 Å². The molecule has 0 aliphatic heterocycles. The second-order valence-corrected chi connectivity index (χ2v) is 8.13. The van der Waals surface area contributed by atoms with Crippen LogP contribution in [0.4, 0.5) is 0 Å². The molecule has 0 aliphatic rings. The normalized spacial score (nSPS) is 11.8. The smallest absolute Gasteiger partial charge is 0.251 e. The Bertz CT molecular complexity index is 1210. The Hall–Kier alpha value is -3.87. The lowest BCUT2D eigenvalue weighted by Crippen LogP contribution is -2.31. The van der Waals surface area contributed by atoms with E-state index in [0.717, 1.165) is 46.9 Å². The minimum atomic E-state index is -0.0688. The summed E-state index contributed by atoms with van der Waals surface area (Å²) in [5.41, 5.74) is 5.34. The van der Waals surface area contributed by atoms with E-state index in [2.05, 4.69) is 25.1 Å². The monoisotopic (exact) mass is 443 g/mol. The molecule has 2 aromatic heterocycles. The van der Waals surface area contributed by atoms with Crippen LogP contribution in [0.5, 0.6) is 5.75 Å². The van der Waals surface area contributed by atoms with Crippen molar-refractivity contribution in [1.82, 2.24) is 25.1 Å². The van der Waals surface area contributed by atoms with Gasteiger partial charge in [-0.3, -0.25) is 9.89 Å². The molecule has 0 saturated carbocycles. The first kappa shape index (κ1) is 22.3. The summed E-state index contributed by atoms with van der Waals surface area (Å²) in [6.07, 6.45) is 4.54. The van der Waals surface area contributed by atoms with E-state index in [9.17, 15) is 4.79 Å². The van der Waals surface area contributed by atoms with E-state index in [1.807, 2.05) is 87.9 Å². The highest BCUT2D eigenvalue weighted by Gasteiger charge is 2.12. The quantitative estimate of drug-likeness (QED) is 0.387. The Morgan fingerprint density at radius 2 is 1.97 bits per heavy atom. The second kappa shape index (κ2) is 10.2. The van der Waals surface area contributed by atoms with E-state index < -0.39 is 0 Å². The molecule has 0 bridgehead atoms. The molecule has 1 amide bonds. The Balaban J connectivity index is 1.40. The lowest BCUT2D eigenvalue weighted by atomic mass is 10.1. The molecular formula is C26H29N5O2. The number of aromatic nitrogens is 4. The minimum absolute atomic E-state index is 0.0688. The maximum Gasteiger partial charge on any atom is 0.251 e. The number of amides is 1. The molecule has 0 saturated heterocycles. The zero-order chi connectivity index (χ0) is 23.2. The fourth-order valence-corrected chi connectivity index (χ4v) is 3.46. The Labute approximate surface area is 193 Å². The Morgan fingerprint density at radius 1 is 1.15 bits per heavy atom. The third kappa shape index (κ3) is 5.49. The van der Waals surface area contributed by atoms with Gasteiger partial charge in [0.1, 0.15) is 12.4 Å². The van der Waals surface area contributed by atoms with Gasteiger partial charge in [-0.1, -0.05) is 19.1 Å². The Morgan fingerprint density at radius 3 is 2.70 bits per heavy atom. The topological polar surface area (TPSA) is 84.8 Å². The van der Waals surface area contributed by atoms with Gasteiger partial charge in [0, 0.05) is 29.1 Å². The number of imidazole rings is 1. The lowest BCUT2D eigenvalue weighted by molar-refractivity contribution is 0.0939. The molecule has 2 heterocycles. The fraction of sp³-hybridized carbons (Fsp3) is 0.269. The van der Waals surface area contributed by atoms with Crippen molar-refractivity contribution in [2.45, 2.75) is 39.8 Å². The van der Waals surface area contributed by atoms with Crippen LogP contribution in [0, 0.1) is 6.92 Å². The maximum atomic E-state index is 12.5. The van der Waals surface area contributed by atoms with E-state index in [4.69, 9.17) is 4.74 Å². The van der Waals surface area contributed by atoms with Gasteiger partial charge in [0.15, 0.2) is 0 Å². The van der Waals surface area contributed by atoms with Crippen LogP contribution in [0.2, 0.25) is 0 Å². The number of aryl methyl sites for hydroxylation is 1. The standard InChI is InChI=1S/C26H29N5O2/c1-4-18(2)28-26(32)22-7-5-6-21(14-22)25-15-24(29-30-25)20-8-10-23(11-9-20)33-13-12-31-17-27-16-19(31)3/h5-11,14-18H,4,12-13H2,1-3H3,(H,28,32)(H,29,30). The number of H-pyrrole nitrogens is 1. The SMILES string of the molecule is CCC(C)NC(=O)c1cccc(-c2cc(-c3ccc(OCCn4cncc4C)cc3)[nH]n2)c1. The number of ether oxygens (including phenoxy) is 1. The number of aromatic amines is 1. The zero-order valence-electron chi connectivity index (χ0n) is 19.2. The number of carbonyl (C=O) groups is 1. The number of benzene rings is 2. The average molecular weight is 444 g/mol. The van der Waals surface area contributed by atoms with Crippen LogP contribution in [-0.4, -0.2) is 38.3 Å². The molecule has 1 atom stereocenters. The largest absolute Gasteiger partial charge is 0.492 e. The summed E-state index contributed by atoms with van der Waals surface area (Å²) in [5, 5.41) is 10.6. The van der Waals surface area contributed by atoms with Gasteiger partial charge in [-0.2, -0.15) is 5.10 Å². The van der Waals surface area contributed by atoms with Crippen molar-refractivity contribution in [2.75, 3.05) is 6.61 Å². The van der Waals surface area contributed by atoms with Crippen molar-refractivity contribution in [1.29, 1.82) is 0 Å².